The number of ether oxygens (including phenoxy) is 1. The summed E-state index contributed by atoms with van der Waals surface area (Å²) in [6, 6.07) is 0. The average Bonchev–Trinajstić information content (AvgIpc) is 2.33. The molecule has 0 aromatic carbocycles. The molecule has 0 spiro atoms. The van der Waals surface area contributed by atoms with Crippen molar-refractivity contribution in [2.75, 3.05) is 25.1 Å². The van der Waals surface area contributed by atoms with Crippen molar-refractivity contribution in [1.82, 2.24) is 9.78 Å². The Bertz CT molecular complexity index is 432. The van der Waals surface area contributed by atoms with E-state index in [0.29, 0.717) is 10.4 Å². The van der Waals surface area contributed by atoms with Crippen molar-refractivity contribution in [2.45, 2.75) is 20.3 Å². The smallest absolute Gasteiger partial charge is 0.282 e. The van der Waals surface area contributed by atoms with Crippen LogP contribution in [0.4, 0.5) is 5.69 Å². The third-order valence-corrected chi connectivity index (χ3v) is 3.08. The molecule has 18 heavy (non-hydrogen) atoms. The summed E-state index contributed by atoms with van der Waals surface area (Å²) in [7, 11) is 1.62. The maximum Gasteiger partial charge on any atom is 0.282 e. The standard InChI is InChI=1S/C12H20BrN3O2/c1-9(2)8-18-6-4-5-14-10-7-15-16(3)12(17)11(10)13/h7,9,14H,4-6,8H2,1-3H3. The van der Waals surface area contributed by atoms with Crippen LogP contribution in [0.3, 0.4) is 0 Å². The van der Waals surface area contributed by atoms with E-state index in [2.05, 4.69) is 40.2 Å². The molecule has 0 aliphatic carbocycles. The SMILES string of the molecule is CC(C)COCCCNc1cnn(C)c(=O)c1Br. The van der Waals surface area contributed by atoms with Crippen molar-refractivity contribution >= 4 is 21.6 Å². The minimum Gasteiger partial charge on any atom is -0.383 e. The number of aromatic nitrogens is 2. The van der Waals surface area contributed by atoms with Crippen LogP contribution in [0.15, 0.2) is 15.5 Å². The molecular weight excluding hydrogens is 298 g/mol. The minimum atomic E-state index is -0.143. The van der Waals surface area contributed by atoms with Gasteiger partial charge >= 0.3 is 0 Å². The van der Waals surface area contributed by atoms with E-state index in [9.17, 15) is 4.79 Å². The van der Waals surface area contributed by atoms with E-state index in [1.165, 1.54) is 4.68 Å². The highest BCUT2D eigenvalue weighted by atomic mass is 79.9. The predicted octanol–water partition coefficient (Wildman–Crippen LogP) is 2.02. The Morgan fingerprint density at radius 3 is 2.94 bits per heavy atom. The number of anilines is 1. The molecule has 1 N–H and O–H groups in total. The van der Waals surface area contributed by atoms with E-state index < -0.39 is 0 Å². The summed E-state index contributed by atoms with van der Waals surface area (Å²) in [5, 5.41) is 7.12. The molecule has 5 nitrogen and oxygen atoms in total. The molecule has 1 heterocycles. The number of aryl methyl sites for hydroxylation is 1. The van der Waals surface area contributed by atoms with E-state index in [0.717, 1.165) is 31.9 Å². The first-order chi connectivity index (χ1) is 8.52. The zero-order chi connectivity index (χ0) is 13.5. The molecule has 0 saturated carbocycles. The fourth-order valence-corrected chi connectivity index (χ4v) is 1.85. The van der Waals surface area contributed by atoms with Crippen LogP contribution >= 0.6 is 15.9 Å². The number of hydrogen-bond acceptors (Lipinski definition) is 4. The first-order valence-electron chi connectivity index (χ1n) is 6.05. The minimum absolute atomic E-state index is 0.143. The molecule has 0 atom stereocenters. The first-order valence-corrected chi connectivity index (χ1v) is 6.85. The van der Waals surface area contributed by atoms with Gasteiger partial charge in [0.25, 0.3) is 5.56 Å². The molecule has 102 valence electrons. The summed E-state index contributed by atoms with van der Waals surface area (Å²) >= 11 is 3.27. The lowest BCUT2D eigenvalue weighted by molar-refractivity contribution is 0.110. The van der Waals surface area contributed by atoms with Gasteiger partial charge in [0.2, 0.25) is 0 Å². The lowest BCUT2D eigenvalue weighted by Crippen LogP contribution is -2.21. The number of rotatable bonds is 7. The van der Waals surface area contributed by atoms with Crippen molar-refractivity contribution in [3.8, 4) is 0 Å². The molecule has 0 radical (unpaired) electrons. The highest BCUT2D eigenvalue weighted by Gasteiger charge is 2.05. The Kier molecular flexibility index (Phi) is 6.35. The molecule has 0 aliphatic heterocycles. The van der Waals surface area contributed by atoms with Crippen molar-refractivity contribution in [2.24, 2.45) is 13.0 Å². The van der Waals surface area contributed by atoms with Crippen molar-refractivity contribution in [1.29, 1.82) is 0 Å². The summed E-state index contributed by atoms with van der Waals surface area (Å²) in [6.07, 6.45) is 2.54. The lowest BCUT2D eigenvalue weighted by atomic mass is 10.2. The van der Waals surface area contributed by atoms with E-state index in [1.807, 2.05) is 0 Å². The molecule has 1 aromatic rings. The number of halogens is 1. The molecule has 6 heteroatoms. The van der Waals surface area contributed by atoms with Crippen LogP contribution in [0, 0.1) is 5.92 Å². The fourth-order valence-electron chi connectivity index (χ4n) is 1.35. The second-order valence-corrected chi connectivity index (χ2v) is 5.34. The molecule has 1 aromatic heterocycles. The summed E-state index contributed by atoms with van der Waals surface area (Å²) in [5.41, 5.74) is 0.581. The predicted molar refractivity (Wildman–Crippen MR) is 75.9 cm³/mol. The van der Waals surface area contributed by atoms with Crippen LogP contribution in [0.1, 0.15) is 20.3 Å². The molecule has 1 rings (SSSR count). The average molecular weight is 318 g/mol. The molecule has 0 unspecified atom stereocenters. The van der Waals surface area contributed by atoms with Gasteiger partial charge in [0.05, 0.1) is 11.9 Å². The molecule has 0 fully saturated rings. The van der Waals surface area contributed by atoms with Crippen LogP contribution in [0.2, 0.25) is 0 Å². The Balaban J connectivity index is 2.32. The number of nitrogens with zero attached hydrogens (tertiary/aromatic N) is 2. The summed E-state index contributed by atoms with van der Waals surface area (Å²) in [4.78, 5) is 11.6. The second-order valence-electron chi connectivity index (χ2n) is 4.55. The summed E-state index contributed by atoms with van der Waals surface area (Å²) in [5.74, 6) is 0.563. The van der Waals surface area contributed by atoms with Gasteiger partial charge in [-0.3, -0.25) is 4.79 Å². The van der Waals surface area contributed by atoms with E-state index in [-0.39, 0.29) is 5.56 Å². The molecule has 0 bridgehead atoms. The highest BCUT2D eigenvalue weighted by molar-refractivity contribution is 9.10. The zero-order valence-electron chi connectivity index (χ0n) is 11.1. The van der Waals surface area contributed by atoms with Crippen molar-refractivity contribution in [3.05, 3.63) is 21.0 Å². The first kappa shape index (κ1) is 15.2. The third kappa shape index (κ3) is 4.78. The van der Waals surface area contributed by atoms with Gasteiger partial charge in [0, 0.05) is 26.8 Å². The van der Waals surface area contributed by atoms with E-state index in [1.54, 1.807) is 13.2 Å². The number of nitrogens with one attached hydrogen (secondary N) is 1. The maximum absolute atomic E-state index is 11.6. The van der Waals surface area contributed by atoms with Gasteiger partial charge in [0.15, 0.2) is 0 Å². The molecule has 0 amide bonds. The van der Waals surface area contributed by atoms with E-state index in [4.69, 9.17) is 4.74 Å². The van der Waals surface area contributed by atoms with Gasteiger partial charge in [-0.1, -0.05) is 13.8 Å². The molecular formula is C12H20BrN3O2. The summed E-state index contributed by atoms with van der Waals surface area (Å²) in [6.45, 7) is 6.52. The quantitative estimate of drug-likeness (QED) is 0.782. The second kappa shape index (κ2) is 7.53. The molecule has 0 aliphatic rings. The Labute approximate surface area is 116 Å². The highest BCUT2D eigenvalue weighted by Crippen LogP contribution is 2.15. The monoisotopic (exact) mass is 317 g/mol. The van der Waals surface area contributed by atoms with Crippen LogP contribution in [-0.4, -0.2) is 29.5 Å². The van der Waals surface area contributed by atoms with Gasteiger partial charge in [-0.15, -0.1) is 0 Å². The van der Waals surface area contributed by atoms with Gasteiger partial charge in [0.1, 0.15) is 4.47 Å². The summed E-state index contributed by atoms with van der Waals surface area (Å²) < 4.78 is 7.28. The van der Waals surface area contributed by atoms with Crippen molar-refractivity contribution < 1.29 is 4.74 Å². The Morgan fingerprint density at radius 1 is 1.56 bits per heavy atom. The maximum atomic E-state index is 11.6. The van der Waals surface area contributed by atoms with E-state index >= 15 is 0 Å². The Morgan fingerprint density at radius 2 is 2.28 bits per heavy atom. The van der Waals surface area contributed by atoms with Crippen LogP contribution in [-0.2, 0) is 11.8 Å². The van der Waals surface area contributed by atoms with Gasteiger partial charge in [-0.05, 0) is 28.3 Å². The molecule has 0 saturated heterocycles. The lowest BCUT2D eigenvalue weighted by Gasteiger charge is -2.09. The third-order valence-electron chi connectivity index (χ3n) is 2.31. The number of hydrogen-bond donors (Lipinski definition) is 1. The van der Waals surface area contributed by atoms with Gasteiger partial charge in [-0.2, -0.15) is 5.10 Å². The van der Waals surface area contributed by atoms with Gasteiger partial charge in [-0.25, -0.2) is 4.68 Å². The van der Waals surface area contributed by atoms with Crippen LogP contribution < -0.4 is 10.9 Å². The normalized spacial score (nSPS) is 10.9. The van der Waals surface area contributed by atoms with Crippen LogP contribution in [0.25, 0.3) is 0 Å². The Hall–Kier alpha value is -0.880. The zero-order valence-corrected chi connectivity index (χ0v) is 12.7. The van der Waals surface area contributed by atoms with Gasteiger partial charge < -0.3 is 10.1 Å². The van der Waals surface area contributed by atoms with Crippen LogP contribution in [0.5, 0.6) is 0 Å². The fraction of sp³-hybridized carbons (Fsp3) is 0.667. The topological polar surface area (TPSA) is 56.1 Å². The largest absolute Gasteiger partial charge is 0.383 e. The van der Waals surface area contributed by atoms with Crippen molar-refractivity contribution in [3.63, 3.8) is 0 Å².